The Labute approximate surface area is 63.6 Å². The summed E-state index contributed by atoms with van der Waals surface area (Å²) in [5, 5.41) is 8.19. The van der Waals surface area contributed by atoms with E-state index in [2.05, 4.69) is 4.98 Å². The molecular weight excluding hydrogens is 146 g/mol. The van der Waals surface area contributed by atoms with Crippen LogP contribution in [-0.4, -0.2) is 15.8 Å². The van der Waals surface area contributed by atoms with Crippen molar-refractivity contribution in [3.8, 4) is 0 Å². The molecule has 1 N–H and O–H groups in total. The highest BCUT2D eigenvalue weighted by Gasteiger charge is 1.90. The summed E-state index contributed by atoms with van der Waals surface area (Å²) in [6.45, 7) is 0. The van der Waals surface area contributed by atoms with E-state index >= 15 is 0 Å². The van der Waals surface area contributed by atoms with Gasteiger partial charge in [0, 0.05) is 13.2 Å². The third-order valence-corrected chi connectivity index (χ3v) is 1.85. The summed E-state index contributed by atoms with van der Waals surface area (Å²) in [4.78, 5) is 3.98. The number of aromatic nitrogens is 2. The molecule has 1 aromatic heterocycles. The minimum atomic E-state index is 0.298. The highest BCUT2D eigenvalue weighted by Crippen LogP contribution is 2.05. The molecule has 1 aromatic rings. The molecule has 4 heteroatoms. The van der Waals surface area contributed by atoms with E-state index in [0.29, 0.717) is 5.62 Å². The Hall–Kier alpha value is -0.770. The van der Waals surface area contributed by atoms with Gasteiger partial charge in [0.15, 0.2) is 0 Å². The van der Waals surface area contributed by atoms with Crippen molar-refractivity contribution in [2.45, 2.75) is 5.03 Å². The first-order chi connectivity index (χ1) is 4.74. The third kappa shape index (κ3) is 1.39. The van der Waals surface area contributed by atoms with E-state index in [1.165, 1.54) is 0 Å². The van der Waals surface area contributed by atoms with Crippen molar-refractivity contribution in [1.29, 1.82) is 5.41 Å². The lowest BCUT2D eigenvalue weighted by molar-refractivity contribution is 0.736. The number of nitrogens with one attached hydrogen (secondary N) is 1. The Kier molecular flexibility index (Phi) is 2.11. The molecule has 0 aliphatic heterocycles. The van der Waals surface area contributed by atoms with Gasteiger partial charge in [0.1, 0.15) is 5.03 Å². The highest BCUT2D eigenvalue weighted by molar-refractivity contribution is 7.98. The zero-order chi connectivity index (χ0) is 7.56. The van der Waals surface area contributed by atoms with Crippen LogP contribution in [0.5, 0.6) is 0 Å². The standard InChI is InChI=1S/C6H9N3S/c1-9-4-3-5(10-2)8-6(9)7/h3-4,7H,1-2H3. The smallest absolute Gasteiger partial charge is 0.222 e. The van der Waals surface area contributed by atoms with Gasteiger partial charge in [0.2, 0.25) is 5.62 Å². The molecule has 0 aliphatic rings. The van der Waals surface area contributed by atoms with Crippen LogP contribution in [0.3, 0.4) is 0 Å². The average Bonchev–Trinajstić information content (AvgIpc) is 1.95. The molecule has 0 aliphatic carbocycles. The van der Waals surface area contributed by atoms with Gasteiger partial charge in [-0.2, -0.15) is 0 Å². The molecule has 0 amide bonds. The van der Waals surface area contributed by atoms with Crippen LogP contribution in [-0.2, 0) is 7.05 Å². The largest absolute Gasteiger partial charge is 0.321 e. The van der Waals surface area contributed by atoms with E-state index in [1.807, 2.05) is 18.5 Å². The van der Waals surface area contributed by atoms with Crippen molar-refractivity contribution < 1.29 is 0 Å². The summed E-state index contributed by atoms with van der Waals surface area (Å²) >= 11 is 1.55. The second kappa shape index (κ2) is 2.88. The SMILES string of the molecule is CSc1ccn(C)c(=N)n1. The molecule has 0 saturated carbocycles. The second-order valence-corrected chi connectivity index (χ2v) is 2.73. The summed E-state index contributed by atoms with van der Waals surface area (Å²) in [6.07, 6.45) is 3.78. The Morgan fingerprint density at radius 3 is 2.90 bits per heavy atom. The lowest BCUT2D eigenvalue weighted by Gasteiger charge is -1.97. The van der Waals surface area contributed by atoms with Crippen LogP contribution in [0.1, 0.15) is 0 Å². The van der Waals surface area contributed by atoms with Gasteiger partial charge in [0.25, 0.3) is 0 Å². The molecule has 1 heterocycles. The first kappa shape index (κ1) is 7.34. The molecular formula is C6H9N3S. The molecule has 0 fully saturated rings. The Morgan fingerprint density at radius 1 is 1.70 bits per heavy atom. The number of hydrogen-bond donors (Lipinski definition) is 1. The van der Waals surface area contributed by atoms with Gasteiger partial charge in [-0.3, -0.25) is 5.41 Å². The third-order valence-electron chi connectivity index (χ3n) is 1.20. The first-order valence-electron chi connectivity index (χ1n) is 2.86. The van der Waals surface area contributed by atoms with Crippen LogP contribution in [0.2, 0.25) is 0 Å². The maximum absolute atomic E-state index is 7.30. The van der Waals surface area contributed by atoms with E-state index in [0.717, 1.165) is 5.03 Å². The molecule has 54 valence electrons. The number of thioether (sulfide) groups is 1. The normalized spacial score (nSPS) is 9.80. The van der Waals surface area contributed by atoms with Gasteiger partial charge in [-0.1, -0.05) is 0 Å². The fraction of sp³-hybridized carbons (Fsp3) is 0.333. The first-order valence-corrected chi connectivity index (χ1v) is 4.09. The summed E-state index contributed by atoms with van der Waals surface area (Å²) in [6, 6.07) is 1.89. The number of hydrogen-bond acceptors (Lipinski definition) is 3. The topological polar surface area (TPSA) is 41.7 Å². The van der Waals surface area contributed by atoms with Crippen LogP contribution in [0.25, 0.3) is 0 Å². The van der Waals surface area contributed by atoms with Crippen molar-refractivity contribution >= 4 is 11.8 Å². The molecule has 0 atom stereocenters. The van der Waals surface area contributed by atoms with E-state index in [-0.39, 0.29) is 0 Å². The summed E-state index contributed by atoms with van der Waals surface area (Å²) in [5.74, 6) is 0. The molecule has 0 aromatic carbocycles. The average molecular weight is 155 g/mol. The number of aryl methyl sites for hydroxylation is 1. The minimum Gasteiger partial charge on any atom is -0.321 e. The molecule has 0 spiro atoms. The zero-order valence-corrected chi connectivity index (χ0v) is 6.77. The summed E-state index contributed by atoms with van der Waals surface area (Å²) in [5.41, 5.74) is 0.298. The van der Waals surface area contributed by atoms with Gasteiger partial charge < -0.3 is 4.57 Å². The van der Waals surface area contributed by atoms with Crippen LogP contribution in [0, 0.1) is 5.41 Å². The van der Waals surface area contributed by atoms with E-state index in [9.17, 15) is 0 Å². The summed E-state index contributed by atoms with van der Waals surface area (Å²) < 4.78 is 1.67. The van der Waals surface area contributed by atoms with Gasteiger partial charge in [-0.25, -0.2) is 4.98 Å². The monoisotopic (exact) mass is 155 g/mol. The lowest BCUT2D eigenvalue weighted by atomic mass is 10.6. The number of nitrogens with zero attached hydrogens (tertiary/aromatic N) is 2. The van der Waals surface area contributed by atoms with Crippen LogP contribution in [0.15, 0.2) is 17.3 Å². The van der Waals surface area contributed by atoms with Crippen molar-refractivity contribution in [2.24, 2.45) is 7.05 Å². The van der Waals surface area contributed by atoms with E-state index in [4.69, 9.17) is 5.41 Å². The molecule has 0 radical (unpaired) electrons. The molecule has 0 unspecified atom stereocenters. The van der Waals surface area contributed by atoms with Gasteiger partial charge >= 0.3 is 0 Å². The zero-order valence-electron chi connectivity index (χ0n) is 5.96. The summed E-state index contributed by atoms with van der Waals surface area (Å²) in [7, 11) is 1.80. The van der Waals surface area contributed by atoms with Crippen LogP contribution >= 0.6 is 11.8 Å². The molecule has 3 nitrogen and oxygen atoms in total. The van der Waals surface area contributed by atoms with Gasteiger partial charge in [0.05, 0.1) is 0 Å². The van der Waals surface area contributed by atoms with Crippen molar-refractivity contribution in [3.05, 3.63) is 17.9 Å². The van der Waals surface area contributed by atoms with Gasteiger partial charge in [-0.05, 0) is 12.3 Å². The van der Waals surface area contributed by atoms with E-state index < -0.39 is 0 Å². The van der Waals surface area contributed by atoms with Crippen LogP contribution in [0.4, 0.5) is 0 Å². The predicted molar refractivity (Wildman–Crippen MR) is 40.8 cm³/mol. The van der Waals surface area contributed by atoms with Gasteiger partial charge in [-0.15, -0.1) is 11.8 Å². The van der Waals surface area contributed by atoms with Crippen molar-refractivity contribution in [1.82, 2.24) is 9.55 Å². The Bertz CT molecular complexity index is 279. The van der Waals surface area contributed by atoms with Crippen molar-refractivity contribution in [2.75, 3.05) is 6.26 Å². The molecule has 1 rings (SSSR count). The van der Waals surface area contributed by atoms with Crippen molar-refractivity contribution in [3.63, 3.8) is 0 Å². The molecule has 0 bridgehead atoms. The highest BCUT2D eigenvalue weighted by atomic mass is 32.2. The second-order valence-electron chi connectivity index (χ2n) is 1.90. The maximum atomic E-state index is 7.30. The lowest BCUT2D eigenvalue weighted by Crippen LogP contribution is -2.19. The minimum absolute atomic E-state index is 0.298. The predicted octanol–water partition coefficient (Wildman–Crippen LogP) is 0.621. The fourth-order valence-electron chi connectivity index (χ4n) is 0.580. The molecule has 0 saturated heterocycles. The molecule has 10 heavy (non-hydrogen) atoms. The maximum Gasteiger partial charge on any atom is 0.222 e. The Balaban J connectivity index is 3.17. The fourth-order valence-corrected chi connectivity index (χ4v) is 0.955. The van der Waals surface area contributed by atoms with E-state index in [1.54, 1.807) is 23.4 Å². The van der Waals surface area contributed by atoms with Crippen LogP contribution < -0.4 is 5.62 Å². The number of rotatable bonds is 1. The Morgan fingerprint density at radius 2 is 2.40 bits per heavy atom. The quantitative estimate of drug-likeness (QED) is 0.477.